The molecule has 180 valence electrons. The summed E-state index contributed by atoms with van der Waals surface area (Å²) < 4.78 is 59.6. The summed E-state index contributed by atoms with van der Waals surface area (Å²) >= 11 is 0. The number of carbonyl (C=O) groups is 1. The third-order valence-electron chi connectivity index (χ3n) is 5.72. The van der Waals surface area contributed by atoms with Crippen molar-refractivity contribution >= 4 is 5.97 Å². The van der Waals surface area contributed by atoms with Crippen LogP contribution >= 0.6 is 0 Å². The van der Waals surface area contributed by atoms with Crippen molar-refractivity contribution in [3.05, 3.63) is 70.3 Å². The normalized spacial score (nSPS) is 17.5. The molecule has 34 heavy (non-hydrogen) atoms. The van der Waals surface area contributed by atoms with Crippen LogP contribution in [0.1, 0.15) is 59.5 Å². The van der Waals surface area contributed by atoms with Crippen LogP contribution in [0.4, 0.5) is 13.2 Å². The van der Waals surface area contributed by atoms with E-state index in [0.717, 1.165) is 15.7 Å². The van der Waals surface area contributed by atoms with Crippen molar-refractivity contribution in [3.8, 4) is 11.4 Å². The van der Waals surface area contributed by atoms with Crippen LogP contribution in [-0.4, -0.2) is 34.5 Å². The number of hydrogen-bond donors (Lipinski definition) is 0. The molecule has 0 aliphatic carbocycles. The first-order valence-electron chi connectivity index (χ1n) is 10.7. The average molecular weight is 475 g/mol. The molecule has 0 amide bonds. The fourth-order valence-electron chi connectivity index (χ4n) is 4.20. The minimum absolute atomic E-state index is 0.117. The smallest absolute Gasteiger partial charge is 0.452 e. The zero-order chi connectivity index (χ0) is 24.6. The molecule has 0 spiro atoms. The van der Waals surface area contributed by atoms with E-state index < -0.39 is 30.2 Å². The second kappa shape index (κ2) is 9.09. The summed E-state index contributed by atoms with van der Waals surface area (Å²) in [6.45, 7) is 5.47. The summed E-state index contributed by atoms with van der Waals surface area (Å²) in [6.07, 6.45) is -7.03. The van der Waals surface area contributed by atoms with Gasteiger partial charge in [0.05, 0.1) is 25.8 Å². The van der Waals surface area contributed by atoms with Crippen molar-refractivity contribution in [2.75, 3.05) is 13.7 Å². The van der Waals surface area contributed by atoms with Crippen molar-refractivity contribution < 1.29 is 32.2 Å². The highest BCUT2D eigenvalue weighted by molar-refractivity contribution is 5.70. The SMILES string of the molecule is CCOC(=O)C[C@H]1O[C@H](c2cccc(OC)c2C)c2cc(C)ccc2-n2c1nnc2C(F)(F)F. The lowest BCUT2D eigenvalue weighted by Gasteiger charge is -2.24. The number of halogens is 3. The first-order valence-corrected chi connectivity index (χ1v) is 10.7. The first kappa shape index (κ1) is 23.7. The summed E-state index contributed by atoms with van der Waals surface area (Å²) in [5.41, 5.74) is 3.03. The highest BCUT2D eigenvalue weighted by Gasteiger charge is 2.43. The number of alkyl halides is 3. The van der Waals surface area contributed by atoms with Gasteiger partial charge in [-0.25, -0.2) is 0 Å². The van der Waals surface area contributed by atoms with E-state index in [9.17, 15) is 18.0 Å². The summed E-state index contributed by atoms with van der Waals surface area (Å²) in [7, 11) is 1.54. The average Bonchev–Trinajstić information content (AvgIpc) is 3.18. The Hall–Kier alpha value is -3.40. The van der Waals surface area contributed by atoms with Crippen LogP contribution in [0.3, 0.4) is 0 Å². The molecule has 0 N–H and O–H groups in total. The Morgan fingerprint density at radius 2 is 1.91 bits per heavy atom. The van der Waals surface area contributed by atoms with Gasteiger partial charge in [-0.1, -0.05) is 29.8 Å². The third kappa shape index (κ3) is 4.25. The number of methoxy groups -OCH3 is 1. The van der Waals surface area contributed by atoms with Crippen LogP contribution in [0.15, 0.2) is 36.4 Å². The fourth-order valence-corrected chi connectivity index (χ4v) is 4.20. The second-order valence-corrected chi connectivity index (χ2v) is 7.97. The Morgan fingerprint density at radius 3 is 2.59 bits per heavy atom. The maximum Gasteiger partial charge on any atom is 0.452 e. The van der Waals surface area contributed by atoms with E-state index >= 15 is 0 Å². The molecule has 0 saturated heterocycles. The van der Waals surface area contributed by atoms with Crippen LogP contribution in [0.25, 0.3) is 5.69 Å². The monoisotopic (exact) mass is 475 g/mol. The number of hydrogen-bond acceptors (Lipinski definition) is 6. The summed E-state index contributed by atoms with van der Waals surface area (Å²) in [6, 6.07) is 10.5. The van der Waals surface area contributed by atoms with Crippen molar-refractivity contribution in [2.24, 2.45) is 0 Å². The molecule has 0 fully saturated rings. The van der Waals surface area contributed by atoms with Gasteiger partial charge in [0.25, 0.3) is 0 Å². The highest BCUT2D eigenvalue weighted by atomic mass is 19.4. The van der Waals surface area contributed by atoms with Crippen LogP contribution in [0, 0.1) is 13.8 Å². The highest BCUT2D eigenvalue weighted by Crippen LogP contribution is 2.44. The Balaban J connectivity index is 1.98. The van der Waals surface area contributed by atoms with E-state index in [2.05, 4.69) is 10.2 Å². The van der Waals surface area contributed by atoms with Gasteiger partial charge >= 0.3 is 12.1 Å². The zero-order valence-electron chi connectivity index (χ0n) is 19.1. The van der Waals surface area contributed by atoms with E-state index in [1.807, 2.05) is 19.9 Å². The van der Waals surface area contributed by atoms with Gasteiger partial charge in [0.2, 0.25) is 5.82 Å². The molecule has 0 unspecified atom stereocenters. The summed E-state index contributed by atoms with van der Waals surface area (Å²) in [4.78, 5) is 12.4. The topological polar surface area (TPSA) is 75.5 Å². The van der Waals surface area contributed by atoms with Crippen LogP contribution < -0.4 is 4.74 Å². The predicted octanol–water partition coefficient (Wildman–Crippen LogP) is 5.03. The van der Waals surface area contributed by atoms with Gasteiger partial charge in [-0.05, 0) is 44.0 Å². The molecule has 1 aromatic heterocycles. The van der Waals surface area contributed by atoms with Gasteiger partial charge in [-0.2, -0.15) is 13.2 Å². The largest absolute Gasteiger partial charge is 0.496 e. The van der Waals surface area contributed by atoms with Gasteiger partial charge in [0.1, 0.15) is 18.0 Å². The zero-order valence-corrected chi connectivity index (χ0v) is 19.1. The van der Waals surface area contributed by atoms with Crippen molar-refractivity contribution in [3.63, 3.8) is 0 Å². The number of carbonyl (C=O) groups excluding carboxylic acids is 1. The van der Waals surface area contributed by atoms with Gasteiger partial charge < -0.3 is 14.2 Å². The van der Waals surface area contributed by atoms with Crippen molar-refractivity contribution in [1.29, 1.82) is 0 Å². The van der Waals surface area contributed by atoms with E-state index in [4.69, 9.17) is 14.2 Å². The van der Waals surface area contributed by atoms with Crippen LogP contribution in [0.5, 0.6) is 5.75 Å². The van der Waals surface area contributed by atoms with E-state index in [1.54, 1.807) is 44.4 Å². The second-order valence-electron chi connectivity index (χ2n) is 7.97. The Kier molecular flexibility index (Phi) is 6.35. The van der Waals surface area contributed by atoms with E-state index in [-0.39, 0.29) is 24.5 Å². The molecule has 10 heteroatoms. The minimum Gasteiger partial charge on any atom is -0.496 e. The van der Waals surface area contributed by atoms with E-state index in [0.29, 0.717) is 16.9 Å². The molecule has 3 aromatic rings. The third-order valence-corrected chi connectivity index (χ3v) is 5.72. The fraction of sp³-hybridized carbons (Fsp3) is 0.375. The standard InChI is InChI=1S/C24H24F3N3O4/c1-5-33-20(31)12-19-22-28-29-23(24(25,26)27)30(22)17-10-9-13(2)11-16(17)21(34-19)15-7-6-8-18(32-4)14(15)3/h6-11,19,21H,5,12H2,1-4H3/t19-,21-/m1/s1. The molecule has 2 aromatic carbocycles. The molecular formula is C24H24F3N3O4. The van der Waals surface area contributed by atoms with Gasteiger partial charge in [-0.15, -0.1) is 10.2 Å². The summed E-state index contributed by atoms with van der Waals surface area (Å²) in [5, 5.41) is 7.23. The number of benzene rings is 2. The molecule has 2 heterocycles. The lowest BCUT2D eigenvalue weighted by Crippen LogP contribution is -2.18. The quantitative estimate of drug-likeness (QED) is 0.482. The molecule has 0 bridgehead atoms. The molecule has 0 radical (unpaired) electrons. The molecule has 7 nitrogen and oxygen atoms in total. The number of fused-ring (bicyclic) bond motifs is 3. The molecule has 0 saturated carbocycles. The Morgan fingerprint density at radius 1 is 1.15 bits per heavy atom. The molecule has 1 aliphatic rings. The lowest BCUT2D eigenvalue weighted by atomic mass is 9.94. The number of aromatic nitrogens is 3. The van der Waals surface area contributed by atoms with Gasteiger partial charge in [0, 0.05) is 5.56 Å². The number of aryl methyl sites for hydroxylation is 1. The molecule has 2 atom stereocenters. The maximum absolute atomic E-state index is 13.9. The number of esters is 1. The van der Waals surface area contributed by atoms with E-state index in [1.165, 1.54) is 0 Å². The minimum atomic E-state index is -4.77. The number of nitrogens with zero attached hydrogens (tertiary/aromatic N) is 3. The van der Waals surface area contributed by atoms with Crippen molar-refractivity contribution in [1.82, 2.24) is 14.8 Å². The Labute approximate surface area is 194 Å². The first-order chi connectivity index (χ1) is 16.2. The van der Waals surface area contributed by atoms with Crippen LogP contribution in [0.2, 0.25) is 0 Å². The predicted molar refractivity (Wildman–Crippen MR) is 116 cm³/mol. The lowest BCUT2D eigenvalue weighted by molar-refractivity contribution is -0.147. The molecular weight excluding hydrogens is 451 g/mol. The summed E-state index contributed by atoms with van der Waals surface area (Å²) in [5.74, 6) is -1.31. The van der Waals surface area contributed by atoms with Gasteiger partial charge in [-0.3, -0.25) is 9.36 Å². The molecule has 4 rings (SSSR count). The Bertz CT molecular complexity index is 1220. The van der Waals surface area contributed by atoms with Crippen LogP contribution in [-0.2, 0) is 20.4 Å². The van der Waals surface area contributed by atoms with Crippen molar-refractivity contribution in [2.45, 2.75) is 45.6 Å². The molecule has 1 aliphatic heterocycles. The maximum atomic E-state index is 13.9. The number of rotatable bonds is 5. The van der Waals surface area contributed by atoms with Gasteiger partial charge in [0.15, 0.2) is 5.82 Å². The number of ether oxygens (including phenoxy) is 3.